The van der Waals surface area contributed by atoms with Crippen LogP contribution in [0, 0.1) is 0 Å². The van der Waals surface area contributed by atoms with Gasteiger partial charge in [0, 0.05) is 35.6 Å². The number of fused-ring (bicyclic) bond motifs is 1. The smallest absolute Gasteiger partial charge is 0.334 e. The number of hydrogen-bond acceptors (Lipinski definition) is 2. The maximum Gasteiger partial charge on any atom is 0.334 e. The van der Waals surface area contributed by atoms with Crippen LogP contribution in [0.25, 0.3) is 10.9 Å². The van der Waals surface area contributed by atoms with E-state index in [0.29, 0.717) is 0 Å². The molecule has 1 aliphatic rings. The normalized spacial score (nSPS) is 18.9. The zero-order chi connectivity index (χ0) is 14.1. The third kappa shape index (κ3) is 2.03. The van der Waals surface area contributed by atoms with E-state index in [2.05, 4.69) is 36.0 Å². The topological polar surface area (TPSA) is 31.2 Å². The lowest BCUT2D eigenvalue weighted by Crippen LogP contribution is -2.16. The van der Waals surface area contributed by atoms with Gasteiger partial charge in [-0.15, -0.1) is 0 Å². The van der Waals surface area contributed by atoms with Crippen molar-refractivity contribution in [3.8, 4) is 0 Å². The van der Waals surface area contributed by atoms with Crippen LogP contribution in [-0.2, 0) is 16.6 Å². The molecular formula is C17H19NO2. The highest BCUT2D eigenvalue weighted by Gasteiger charge is 2.27. The van der Waals surface area contributed by atoms with Crippen molar-refractivity contribution in [2.45, 2.75) is 25.2 Å². The van der Waals surface area contributed by atoms with Gasteiger partial charge >= 0.3 is 5.97 Å². The molecule has 0 N–H and O–H groups in total. The van der Waals surface area contributed by atoms with E-state index in [9.17, 15) is 4.79 Å². The van der Waals surface area contributed by atoms with Gasteiger partial charge in [0.2, 0.25) is 0 Å². The van der Waals surface area contributed by atoms with E-state index in [1.165, 1.54) is 23.6 Å². The Morgan fingerprint density at radius 2 is 2.15 bits per heavy atom. The first-order valence-corrected chi connectivity index (χ1v) is 7.04. The molecule has 3 nitrogen and oxygen atoms in total. The largest absolute Gasteiger partial charge is 0.466 e. The van der Waals surface area contributed by atoms with E-state index in [1.807, 2.05) is 12.1 Å². The van der Waals surface area contributed by atoms with Crippen molar-refractivity contribution in [2.75, 3.05) is 7.11 Å². The molecule has 1 atom stereocenters. The Morgan fingerprint density at radius 3 is 2.95 bits per heavy atom. The molecule has 1 aromatic heterocycles. The number of hydrogen-bond donors (Lipinski definition) is 0. The van der Waals surface area contributed by atoms with Crippen LogP contribution >= 0.6 is 0 Å². The molecule has 0 unspecified atom stereocenters. The zero-order valence-corrected chi connectivity index (χ0v) is 11.9. The summed E-state index contributed by atoms with van der Waals surface area (Å²) in [5, 5.41) is 1.23. The minimum Gasteiger partial charge on any atom is -0.466 e. The van der Waals surface area contributed by atoms with Crippen molar-refractivity contribution in [1.82, 2.24) is 4.57 Å². The number of methoxy groups -OCH3 is 1. The highest BCUT2D eigenvalue weighted by Crippen LogP contribution is 2.38. The quantitative estimate of drug-likeness (QED) is 0.781. The van der Waals surface area contributed by atoms with E-state index < -0.39 is 0 Å². The standard InChI is InChI=1S/C17H19NO2/c1-18-11-15(13-8-5-6-10-16(13)18)12-7-3-4-9-14(12)17(19)20-2/h5-6,8-12H,3-4,7H2,1-2H3/t12-/m1/s1. The van der Waals surface area contributed by atoms with Crippen LogP contribution in [0.4, 0.5) is 0 Å². The van der Waals surface area contributed by atoms with Gasteiger partial charge in [0.1, 0.15) is 0 Å². The van der Waals surface area contributed by atoms with Crippen molar-refractivity contribution >= 4 is 16.9 Å². The predicted octanol–water partition coefficient (Wildman–Crippen LogP) is 3.55. The number of rotatable bonds is 2. The van der Waals surface area contributed by atoms with Gasteiger partial charge in [-0.05, 0) is 30.9 Å². The molecule has 20 heavy (non-hydrogen) atoms. The SMILES string of the molecule is COC(=O)C1=CCCC[C@H]1c1cn(C)c2ccccc12. The Hall–Kier alpha value is -2.03. The summed E-state index contributed by atoms with van der Waals surface area (Å²) in [4.78, 5) is 12.0. The van der Waals surface area contributed by atoms with Gasteiger partial charge in [-0.25, -0.2) is 4.79 Å². The van der Waals surface area contributed by atoms with Crippen molar-refractivity contribution in [2.24, 2.45) is 7.05 Å². The fraction of sp³-hybridized carbons (Fsp3) is 0.353. The number of para-hydroxylation sites is 1. The second-order valence-electron chi connectivity index (χ2n) is 5.35. The second-order valence-corrected chi connectivity index (χ2v) is 5.35. The Balaban J connectivity index is 2.12. The molecule has 1 aliphatic carbocycles. The number of ether oxygens (including phenoxy) is 1. The second kappa shape index (κ2) is 5.16. The van der Waals surface area contributed by atoms with E-state index >= 15 is 0 Å². The first kappa shape index (κ1) is 13.0. The lowest BCUT2D eigenvalue weighted by molar-refractivity contribution is -0.136. The summed E-state index contributed by atoms with van der Waals surface area (Å²) in [7, 11) is 3.51. The van der Waals surface area contributed by atoms with Gasteiger partial charge in [0.05, 0.1) is 7.11 Å². The van der Waals surface area contributed by atoms with Crippen LogP contribution in [0.5, 0.6) is 0 Å². The van der Waals surface area contributed by atoms with Gasteiger partial charge in [-0.2, -0.15) is 0 Å². The third-order valence-corrected chi connectivity index (χ3v) is 4.16. The van der Waals surface area contributed by atoms with Gasteiger partial charge in [0.25, 0.3) is 0 Å². The van der Waals surface area contributed by atoms with Gasteiger partial charge in [-0.3, -0.25) is 0 Å². The third-order valence-electron chi connectivity index (χ3n) is 4.16. The Bertz CT molecular complexity index is 681. The molecule has 3 heteroatoms. The van der Waals surface area contributed by atoms with E-state index in [4.69, 9.17) is 4.74 Å². The molecule has 1 aromatic carbocycles. The maximum atomic E-state index is 12.0. The molecule has 0 aliphatic heterocycles. The van der Waals surface area contributed by atoms with Crippen LogP contribution in [0.15, 0.2) is 42.1 Å². The minimum atomic E-state index is -0.192. The summed E-state index contributed by atoms with van der Waals surface area (Å²) < 4.78 is 7.08. The van der Waals surface area contributed by atoms with Crippen LogP contribution in [0.3, 0.4) is 0 Å². The number of carbonyl (C=O) groups excluding carboxylic acids is 1. The van der Waals surface area contributed by atoms with Crippen molar-refractivity contribution in [3.63, 3.8) is 0 Å². The summed E-state index contributed by atoms with van der Waals surface area (Å²) in [5.74, 6) is -0.0371. The molecule has 0 amide bonds. The first-order valence-electron chi connectivity index (χ1n) is 7.04. The molecule has 1 heterocycles. The van der Waals surface area contributed by atoms with Crippen LogP contribution in [-0.4, -0.2) is 17.6 Å². The molecule has 0 saturated carbocycles. The number of carbonyl (C=O) groups is 1. The zero-order valence-electron chi connectivity index (χ0n) is 11.9. The number of aromatic nitrogens is 1. The molecular weight excluding hydrogens is 250 g/mol. The number of aryl methyl sites for hydroxylation is 1. The van der Waals surface area contributed by atoms with Crippen LogP contribution in [0.1, 0.15) is 30.7 Å². The van der Waals surface area contributed by atoms with E-state index in [0.717, 1.165) is 24.8 Å². The van der Waals surface area contributed by atoms with Crippen LogP contribution < -0.4 is 0 Å². The van der Waals surface area contributed by atoms with E-state index in [1.54, 1.807) is 0 Å². The number of allylic oxidation sites excluding steroid dienone is 1. The fourth-order valence-corrected chi connectivity index (χ4v) is 3.19. The summed E-state index contributed by atoms with van der Waals surface area (Å²) in [6, 6.07) is 8.34. The lowest BCUT2D eigenvalue weighted by atomic mass is 9.82. The molecule has 104 valence electrons. The van der Waals surface area contributed by atoms with Crippen molar-refractivity contribution in [3.05, 3.63) is 47.7 Å². The van der Waals surface area contributed by atoms with Gasteiger partial charge in [0.15, 0.2) is 0 Å². The van der Waals surface area contributed by atoms with Gasteiger partial charge < -0.3 is 9.30 Å². The lowest BCUT2D eigenvalue weighted by Gasteiger charge is -2.22. The Labute approximate surface area is 118 Å². The number of esters is 1. The van der Waals surface area contributed by atoms with Crippen molar-refractivity contribution in [1.29, 1.82) is 0 Å². The van der Waals surface area contributed by atoms with Gasteiger partial charge in [-0.1, -0.05) is 24.3 Å². The molecule has 3 rings (SSSR count). The highest BCUT2D eigenvalue weighted by molar-refractivity contribution is 5.93. The average molecular weight is 269 g/mol. The first-order chi connectivity index (χ1) is 9.72. The maximum absolute atomic E-state index is 12.0. The molecule has 2 aromatic rings. The number of benzene rings is 1. The fourth-order valence-electron chi connectivity index (χ4n) is 3.19. The Morgan fingerprint density at radius 1 is 1.35 bits per heavy atom. The predicted molar refractivity (Wildman–Crippen MR) is 79.6 cm³/mol. The Kier molecular flexibility index (Phi) is 3.35. The molecule has 0 spiro atoms. The molecule has 0 saturated heterocycles. The molecule has 0 bridgehead atoms. The monoisotopic (exact) mass is 269 g/mol. The average Bonchev–Trinajstić information content (AvgIpc) is 2.84. The molecule has 0 fully saturated rings. The van der Waals surface area contributed by atoms with Crippen molar-refractivity contribution < 1.29 is 9.53 Å². The van der Waals surface area contributed by atoms with E-state index in [-0.39, 0.29) is 11.9 Å². The minimum absolute atomic E-state index is 0.155. The summed E-state index contributed by atoms with van der Waals surface area (Å²) in [6.07, 6.45) is 7.29. The summed E-state index contributed by atoms with van der Waals surface area (Å²) >= 11 is 0. The highest BCUT2D eigenvalue weighted by atomic mass is 16.5. The number of nitrogens with zero attached hydrogens (tertiary/aromatic N) is 1. The molecule has 0 radical (unpaired) electrons. The van der Waals surface area contributed by atoms with Crippen LogP contribution in [0.2, 0.25) is 0 Å². The summed E-state index contributed by atoms with van der Waals surface area (Å²) in [6.45, 7) is 0. The summed E-state index contributed by atoms with van der Waals surface area (Å²) in [5.41, 5.74) is 3.26.